The first kappa shape index (κ1) is 12.0. The summed E-state index contributed by atoms with van der Waals surface area (Å²) < 4.78 is 0. The zero-order valence-corrected chi connectivity index (χ0v) is 11.1. The number of hydrogen-bond donors (Lipinski definition) is 0. The first-order chi connectivity index (χ1) is 7.93. The smallest absolute Gasteiger partial charge is 0.102 e. The number of nitrogens with zero attached hydrogens (tertiary/aromatic N) is 2. The second kappa shape index (κ2) is 4.07. The quantitative estimate of drug-likeness (QED) is 0.737. The molecule has 0 radical (unpaired) electrons. The van der Waals surface area contributed by atoms with E-state index in [4.69, 9.17) is 0 Å². The molecule has 0 atom stereocenters. The second-order valence-corrected chi connectivity index (χ2v) is 6.05. The van der Waals surface area contributed by atoms with Gasteiger partial charge in [0.1, 0.15) is 6.07 Å². The first-order valence-electron chi connectivity index (χ1n) is 6.18. The molecule has 17 heavy (non-hydrogen) atoms. The third-order valence-electron chi connectivity index (χ3n) is 3.81. The fourth-order valence-electron chi connectivity index (χ4n) is 2.28. The van der Waals surface area contributed by atoms with Crippen LogP contribution in [0.4, 0.5) is 5.69 Å². The fourth-order valence-corrected chi connectivity index (χ4v) is 2.28. The minimum Gasteiger partial charge on any atom is -0.370 e. The number of aryl methyl sites for hydroxylation is 1. The van der Waals surface area contributed by atoms with E-state index in [9.17, 15) is 5.26 Å². The summed E-state index contributed by atoms with van der Waals surface area (Å²) in [5, 5.41) is 9.22. The number of anilines is 1. The van der Waals surface area contributed by atoms with Gasteiger partial charge in [-0.05, 0) is 29.9 Å². The highest BCUT2D eigenvalue weighted by Crippen LogP contribution is 2.37. The van der Waals surface area contributed by atoms with Crippen LogP contribution in [0.25, 0.3) is 0 Å². The zero-order chi connectivity index (χ0) is 12.6. The summed E-state index contributed by atoms with van der Waals surface area (Å²) in [5.74, 6) is 0.731. The van der Waals surface area contributed by atoms with Crippen LogP contribution in [-0.2, 0) is 0 Å². The molecule has 0 saturated carbocycles. The van der Waals surface area contributed by atoms with Crippen LogP contribution in [0.5, 0.6) is 0 Å². The predicted molar refractivity (Wildman–Crippen MR) is 71.1 cm³/mol. The molecule has 1 aliphatic rings. The van der Waals surface area contributed by atoms with E-state index in [0.29, 0.717) is 5.41 Å². The highest BCUT2D eigenvalue weighted by molar-refractivity contribution is 5.63. The van der Waals surface area contributed by atoms with E-state index in [2.05, 4.69) is 37.8 Å². The molecule has 1 aromatic carbocycles. The van der Waals surface area contributed by atoms with E-state index in [0.717, 1.165) is 35.8 Å². The van der Waals surface area contributed by atoms with Gasteiger partial charge in [-0.1, -0.05) is 32.9 Å². The van der Waals surface area contributed by atoms with Gasteiger partial charge >= 0.3 is 0 Å². The molecule has 0 spiro atoms. The van der Waals surface area contributed by atoms with Crippen molar-refractivity contribution >= 4 is 5.69 Å². The Morgan fingerprint density at radius 1 is 1.29 bits per heavy atom. The van der Waals surface area contributed by atoms with Crippen molar-refractivity contribution in [1.29, 1.82) is 5.26 Å². The molecule has 0 bridgehead atoms. The van der Waals surface area contributed by atoms with Crippen LogP contribution in [0.2, 0.25) is 0 Å². The van der Waals surface area contributed by atoms with Gasteiger partial charge in [0.15, 0.2) is 0 Å². The van der Waals surface area contributed by atoms with E-state index in [-0.39, 0.29) is 0 Å². The minimum absolute atomic E-state index is 0.368. The number of hydrogen-bond acceptors (Lipinski definition) is 2. The summed E-state index contributed by atoms with van der Waals surface area (Å²) in [5.41, 5.74) is 3.38. The first-order valence-corrected chi connectivity index (χ1v) is 6.18. The van der Waals surface area contributed by atoms with Crippen LogP contribution in [0.15, 0.2) is 18.2 Å². The highest BCUT2D eigenvalue weighted by atomic mass is 15.2. The Morgan fingerprint density at radius 3 is 2.47 bits per heavy atom. The molecule has 1 saturated heterocycles. The van der Waals surface area contributed by atoms with Gasteiger partial charge in [0.2, 0.25) is 0 Å². The van der Waals surface area contributed by atoms with Crippen molar-refractivity contribution in [3.05, 3.63) is 29.3 Å². The molecule has 0 aliphatic carbocycles. The van der Waals surface area contributed by atoms with Crippen LogP contribution in [-0.4, -0.2) is 13.1 Å². The van der Waals surface area contributed by atoms with Gasteiger partial charge in [-0.25, -0.2) is 0 Å². The second-order valence-electron chi connectivity index (χ2n) is 6.05. The zero-order valence-electron chi connectivity index (χ0n) is 11.1. The lowest BCUT2D eigenvalue weighted by molar-refractivity contribution is 0.195. The van der Waals surface area contributed by atoms with E-state index in [1.807, 2.05) is 19.1 Å². The minimum atomic E-state index is 0.368. The average molecular weight is 228 g/mol. The SMILES string of the molecule is Cc1cccc(N2CC(C(C)(C)C)C2)c1C#N. The lowest BCUT2D eigenvalue weighted by atomic mass is 9.75. The summed E-state index contributed by atoms with van der Waals surface area (Å²) in [6, 6.07) is 8.43. The molecule has 90 valence electrons. The molecule has 1 fully saturated rings. The van der Waals surface area contributed by atoms with Gasteiger partial charge < -0.3 is 4.90 Å². The molecule has 0 aromatic heterocycles. The summed E-state index contributed by atoms with van der Waals surface area (Å²) in [6.45, 7) is 11.0. The van der Waals surface area contributed by atoms with Gasteiger partial charge in [-0.15, -0.1) is 0 Å². The van der Waals surface area contributed by atoms with E-state index >= 15 is 0 Å². The van der Waals surface area contributed by atoms with Crippen molar-refractivity contribution in [3.8, 4) is 6.07 Å². The molecule has 2 nitrogen and oxygen atoms in total. The Morgan fingerprint density at radius 2 is 1.94 bits per heavy atom. The van der Waals surface area contributed by atoms with Crippen molar-refractivity contribution in [2.24, 2.45) is 11.3 Å². The van der Waals surface area contributed by atoms with Crippen molar-refractivity contribution in [2.45, 2.75) is 27.7 Å². The average Bonchev–Trinajstić information content (AvgIpc) is 2.13. The van der Waals surface area contributed by atoms with Gasteiger partial charge in [0.05, 0.1) is 11.3 Å². The maximum Gasteiger partial charge on any atom is 0.102 e. The Bertz CT molecular complexity index is 457. The van der Waals surface area contributed by atoms with Crippen LogP contribution < -0.4 is 4.90 Å². The Labute approximate surface area is 104 Å². The third-order valence-corrected chi connectivity index (χ3v) is 3.81. The number of rotatable bonds is 1. The molecule has 0 amide bonds. The third kappa shape index (κ3) is 2.15. The topological polar surface area (TPSA) is 27.0 Å². The molecule has 1 aliphatic heterocycles. The number of benzene rings is 1. The van der Waals surface area contributed by atoms with Gasteiger partial charge in [-0.3, -0.25) is 0 Å². The van der Waals surface area contributed by atoms with E-state index in [1.165, 1.54) is 0 Å². The Balaban J connectivity index is 2.18. The molecule has 0 N–H and O–H groups in total. The lowest BCUT2D eigenvalue weighted by Crippen LogP contribution is -2.52. The molecule has 1 aromatic rings. The summed E-state index contributed by atoms with van der Waals surface area (Å²) >= 11 is 0. The maximum absolute atomic E-state index is 9.22. The molecular weight excluding hydrogens is 208 g/mol. The van der Waals surface area contributed by atoms with E-state index in [1.54, 1.807) is 0 Å². The molecule has 2 rings (SSSR count). The predicted octanol–water partition coefficient (Wildman–Crippen LogP) is 3.35. The molecule has 0 unspecified atom stereocenters. The van der Waals surface area contributed by atoms with Gasteiger partial charge in [-0.2, -0.15) is 5.26 Å². The normalized spacial score (nSPS) is 16.5. The van der Waals surface area contributed by atoms with Crippen LogP contribution in [0, 0.1) is 29.6 Å². The summed E-state index contributed by atoms with van der Waals surface area (Å²) in [6.07, 6.45) is 0. The lowest BCUT2D eigenvalue weighted by Gasteiger charge is -2.48. The summed E-state index contributed by atoms with van der Waals surface area (Å²) in [7, 11) is 0. The van der Waals surface area contributed by atoms with Gasteiger partial charge in [0, 0.05) is 13.1 Å². The van der Waals surface area contributed by atoms with Crippen LogP contribution >= 0.6 is 0 Å². The van der Waals surface area contributed by atoms with Crippen molar-refractivity contribution in [2.75, 3.05) is 18.0 Å². The molecule has 2 heteroatoms. The monoisotopic (exact) mass is 228 g/mol. The largest absolute Gasteiger partial charge is 0.370 e. The Kier molecular flexibility index (Phi) is 2.87. The molecular formula is C15H20N2. The fraction of sp³-hybridized carbons (Fsp3) is 0.533. The van der Waals surface area contributed by atoms with Crippen LogP contribution in [0.1, 0.15) is 31.9 Å². The highest BCUT2D eigenvalue weighted by Gasteiger charge is 2.36. The summed E-state index contributed by atoms with van der Waals surface area (Å²) in [4.78, 5) is 2.32. The van der Waals surface area contributed by atoms with Crippen molar-refractivity contribution in [1.82, 2.24) is 0 Å². The maximum atomic E-state index is 9.22. The van der Waals surface area contributed by atoms with Crippen molar-refractivity contribution < 1.29 is 0 Å². The standard InChI is InChI=1S/C15H20N2/c1-11-6-5-7-14(13(11)8-16)17-9-12(10-17)15(2,3)4/h5-7,12H,9-10H2,1-4H3. The molecule has 1 heterocycles. The Hall–Kier alpha value is -1.49. The van der Waals surface area contributed by atoms with Crippen molar-refractivity contribution in [3.63, 3.8) is 0 Å². The van der Waals surface area contributed by atoms with Gasteiger partial charge in [0.25, 0.3) is 0 Å². The van der Waals surface area contributed by atoms with E-state index < -0.39 is 0 Å². The number of nitriles is 1. The van der Waals surface area contributed by atoms with Crippen LogP contribution in [0.3, 0.4) is 0 Å².